The molecule has 0 saturated carbocycles. The van der Waals surface area contributed by atoms with Crippen LogP contribution in [0.4, 0.5) is 17.2 Å². The monoisotopic (exact) mass is 1120 g/mol. The second kappa shape index (κ2) is 29.7. The van der Waals surface area contributed by atoms with Crippen molar-refractivity contribution in [2.45, 2.75) is 96.4 Å². The number of aliphatic hydroxyl groups is 2. The average Bonchev–Trinajstić information content (AvgIpc) is 3.87. The minimum atomic E-state index is -5.92. The van der Waals surface area contributed by atoms with Crippen LogP contribution in [0.15, 0.2) is 71.4 Å². The van der Waals surface area contributed by atoms with E-state index < -0.39 is 84.6 Å². The minimum absolute atomic E-state index is 0. The number of fused-ring (bicyclic) bond motifs is 1. The van der Waals surface area contributed by atoms with E-state index in [9.17, 15) is 57.9 Å². The summed E-state index contributed by atoms with van der Waals surface area (Å²) >= 11 is 1.08. The maximum absolute atomic E-state index is 12.7. The van der Waals surface area contributed by atoms with E-state index >= 15 is 0 Å². The number of thioether (sulfide) groups is 1. The molecule has 29 nitrogen and oxygen atoms in total. The first kappa shape index (κ1) is 65.6. The lowest BCUT2D eigenvalue weighted by Gasteiger charge is -2.35. The van der Waals surface area contributed by atoms with Crippen molar-refractivity contribution >= 4 is 80.5 Å². The molecule has 1 fully saturated rings. The second-order valence-electron chi connectivity index (χ2n) is 16.7. The maximum atomic E-state index is 12.7. The smallest absolute Gasteiger partial charge is 0.274 e. The number of carbonyl (C=O) groups excluding carboxylic acids is 3. The molecule has 4 aromatic rings. The van der Waals surface area contributed by atoms with Crippen molar-refractivity contribution in [3.05, 3.63) is 72.3 Å². The highest BCUT2D eigenvalue weighted by atomic mass is 32.2. The summed E-state index contributed by atoms with van der Waals surface area (Å²) in [5, 5.41) is 35.0. The van der Waals surface area contributed by atoms with Crippen molar-refractivity contribution < 1.29 is 80.5 Å². The SMILES string of the molecule is CCCCc1ccc(N=Nc2ccc(CCCC(=O)SCCNC(=O)CCNC(=O)[C@H](O)C(C)(C)COP(=O)([O-])OP(=O)([O-])OC[C@H]3O[C@@H](n4cnc5c(N)ncnc54)[C@H](O)[C@@H]3OP(=O)([O-])O)cc2)cc1.[NH4+].[NH4+].[NH4+]. The van der Waals surface area contributed by atoms with Crippen molar-refractivity contribution in [2.24, 2.45) is 15.6 Å². The van der Waals surface area contributed by atoms with Crippen molar-refractivity contribution in [3.8, 4) is 0 Å². The van der Waals surface area contributed by atoms with Crippen LogP contribution in [0.2, 0.25) is 0 Å². The fourth-order valence-electron chi connectivity index (χ4n) is 6.74. The molecule has 2 aromatic heterocycles. The number of azo groups is 1. The molecule has 0 bridgehead atoms. The van der Waals surface area contributed by atoms with Gasteiger partial charge in [-0.1, -0.05) is 63.2 Å². The summed E-state index contributed by atoms with van der Waals surface area (Å²) in [6.45, 7) is 2.26. The number of carbonyl (C=O) groups is 3. The molecular formula is C41H67N12O17P3S. The molecule has 2 aromatic carbocycles. The number of phosphoric ester groups is 3. The number of ether oxygens (including phenoxy) is 1. The van der Waals surface area contributed by atoms with Crippen molar-refractivity contribution in [3.63, 3.8) is 0 Å². The molecule has 1 aliphatic rings. The number of aryl methyl sites for hydroxylation is 2. The molecule has 1 saturated heterocycles. The third-order valence-corrected chi connectivity index (χ3v) is 14.5. The summed E-state index contributed by atoms with van der Waals surface area (Å²) in [6, 6.07) is 15.7. The number of hydrogen-bond acceptors (Lipinski definition) is 23. The number of phosphoric acid groups is 3. The molecule has 5 rings (SSSR count). The highest BCUT2D eigenvalue weighted by molar-refractivity contribution is 8.13. The maximum Gasteiger partial charge on any atom is 0.274 e. The highest BCUT2D eigenvalue weighted by Crippen LogP contribution is 2.56. The fraction of sp³-hybridized carbons (Fsp3) is 0.512. The number of anilines is 1. The van der Waals surface area contributed by atoms with Crippen LogP contribution in [0.1, 0.15) is 70.2 Å². The molecule has 19 N–H and O–H groups in total. The predicted molar refractivity (Wildman–Crippen MR) is 267 cm³/mol. The van der Waals surface area contributed by atoms with E-state index in [0.29, 0.717) is 25.0 Å². The van der Waals surface area contributed by atoms with E-state index in [0.717, 1.165) is 65.2 Å². The third-order valence-electron chi connectivity index (χ3n) is 10.6. The van der Waals surface area contributed by atoms with Gasteiger partial charge in [-0.2, -0.15) is 10.2 Å². The van der Waals surface area contributed by atoms with E-state index in [-0.39, 0.29) is 60.1 Å². The Bertz CT molecular complexity index is 2610. The first-order valence-electron chi connectivity index (χ1n) is 22.0. The van der Waals surface area contributed by atoms with Gasteiger partial charge in [0.15, 0.2) is 22.8 Å². The normalized spacial score (nSPS) is 19.5. The Morgan fingerprint density at radius 3 is 2.08 bits per heavy atom. The van der Waals surface area contributed by atoms with Crippen LogP contribution < -0.4 is 49.5 Å². The van der Waals surface area contributed by atoms with Gasteiger partial charge in [0.25, 0.3) is 23.5 Å². The number of unbranched alkanes of at least 4 members (excludes halogenated alkanes) is 1. The summed E-state index contributed by atoms with van der Waals surface area (Å²) in [5.41, 5.74) is 7.92. The van der Waals surface area contributed by atoms with Gasteiger partial charge in [-0.25, -0.2) is 19.3 Å². The van der Waals surface area contributed by atoms with E-state index in [4.69, 9.17) is 10.5 Å². The van der Waals surface area contributed by atoms with E-state index in [1.54, 1.807) is 0 Å². The van der Waals surface area contributed by atoms with Crippen LogP contribution in [0, 0.1) is 5.41 Å². The summed E-state index contributed by atoms with van der Waals surface area (Å²) in [6.07, 6.45) is -2.46. The molecule has 0 radical (unpaired) electrons. The van der Waals surface area contributed by atoms with Gasteiger partial charge in [0.2, 0.25) is 11.8 Å². The van der Waals surface area contributed by atoms with Gasteiger partial charge in [0.1, 0.15) is 36.3 Å². The van der Waals surface area contributed by atoms with Crippen LogP contribution >= 0.6 is 35.2 Å². The zero-order valence-electron chi connectivity index (χ0n) is 41.7. The Morgan fingerprint density at radius 1 is 0.892 bits per heavy atom. The minimum Gasteiger partial charge on any atom is -0.756 e. The number of nitrogen functional groups attached to an aromatic ring is 1. The van der Waals surface area contributed by atoms with Crippen LogP contribution in [-0.4, -0.2) is 108 Å². The molecule has 3 unspecified atom stereocenters. The van der Waals surface area contributed by atoms with Crippen LogP contribution in [0.25, 0.3) is 11.2 Å². The number of quaternary nitrogens is 3. The van der Waals surface area contributed by atoms with E-state index in [2.05, 4.69) is 72.8 Å². The van der Waals surface area contributed by atoms with Gasteiger partial charge in [0, 0.05) is 37.1 Å². The molecule has 0 spiro atoms. The fourth-order valence-corrected chi connectivity index (χ4v) is 10.2. The highest BCUT2D eigenvalue weighted by Gasteiger charge is 2.48. The average molecular weight is 1130 g/mol. The number of amides is 2. The number of aliphatic hydroxyl groups excluding tert-OH is 2. The second-order valence-corrected chi connectivity index (χ2v) is 22.0. The Hall–Kier alpha value is -4.52. The summed E-state index contributed by atoms with van der Waals surface area (Å²) < 4.78 is 61.2. The first-order valence-corrected chi connectivity index (χ1v) is 27.4. The van der Waals surface area contributed by atoms with Crippen LogP contribution in [-0.2, 0) is 63.5 Å². The van der Waals surface area contributed by atoms with Gasteiger partial charge >= 0.3 is 0 Å². The zero-order valence-corrected chi connectivity index (χ0v) is 45.2. The molecule has 414 valence electrons. The third kappa shape index (κ3) is 20.5. The van der Waals surface area contributed by atoms with Crippen molar-refractivity contribution in [1.82, 2.24) is 48.6 Å². The molecule has 33 heteroatoms. The zero-order chi connectivity index (χ0) is 52.0. The predicted octanol–water partition coefficient (Wildman–Crippen LogP) is 3.68. The molecule has 0 aliphatic carbocycles. The number of rotatable bonds is 28. The number of hydrogen-bond donors (Lipinski definition) is 9. The van der Waals surface area contributed by atoms with Gasteiger partial charge in [-0.05, 0) is 61.1 Å². The topological polar surface area (TPSA) is 506 Å². The van der Waals surface area contributed by atoms with Gasteiger partial charge in [0.05, 0.1) is 30.9 Å². The Kier molecular flexibility index (Phi) is 26.3. The van der Waals surface area contributed by atoms with Crippen molar-refractivity contribution in [2.75, 3.05) is 37.8 Å². The summed E-state index contributed by atoms with van der Waals surface area (Å²) in [4.78, 5) is 95.2. The summed E-state index contributed by atoms with van der Waals surface area (Å²) in [7, 11) is -17.4. The molecule has 8 atom stereocenters. The lowest BCUT2D eigenvalue weighted by atomic mass is 9.87. The molecule has 74 heavy (non-hydrogen) atoms. The molecular weight excluding hydrogens is 1060 g/mol. The summed E-state index contributed by atoms with van der Waals surface area (Å²) in [5.74, 6) is -1.24. The lowest BCUT2D eigenvalue weighted by Crippen LogP contribution is -2.46. The largest absolute Gasteiger partial charge is 0.756 e. The molecule has 3 heterocycles. The van der Waals surface area contributed by atoms with E-state index in [1.807, 2.05) is 36.4 Å². The van der Waals surface area contributed by atoms with Gasteiger partial charge < -0.3 is 82.9 Å². The van der Waals surface area contributed by atoms with Gasteiger partial charge in [-0.15, -0.1) is 0 Å². The number of imidazole rings is 1. The number of benzene rings is 2. The number of nitrogens with two attached hydrogens (primary N) is 1. The van der Waals surface area contributed by atoms with Gasteiger partial charge in [-0.3, -0.25) is 32.6 Å². The Balaban J connectivity index is 0.00000625. The van der Waals surface area contributed by atoms with Crippen LogP contribution in [0.3, 0.4) is 0 Å². The Morgan fingerprint density at radius 2 is 1.49 bits per heavy atom. The first-order chi connectivity index (χ1) is 33.5. The van der Waals surface area contributed by atoms with Crippen molar-refractivity contribution in [1.29, 1.82) is 0 Å². The van der Waals surface area contributed by atoms with E-state index in [1.165, 1.54) is 19.4 Å². The molecule has 2 amide bonds. The lowest BCUT2D eigenvalue weighted by molar-refractivity contribution is -0.247. The number of nitrogens with one attached hydrogen (secondary N) is 2. The standard InChI is InChI=1S/C41H58N9O17P3S.3H3N/c1-4-5-7-26-10-14-28(15-11-26)48-49-29-16-12-27(13-17-29)8-6-9-32(52)71-21-20-43-31(51)18-19-44-39(55)36(54)41(2,3)23-64-70(61,62)67-69(59,60)63-22-30-35(66-68(56,57)58)34(53)40(65-30)50-25-47-33-37(42)45-24-46-38(33)50;;;/h10-17,24-25,30,34-36,40,53-54H,4-9,18-23H2,1-3H3,(H,43,51)(H,44,55)(H,59,60)(H,61,62)(H2,42,45,46)(H2,56,57,58);3*1H3/t30-,34-,35-,36+,40-;;;/m1.../s1. The van der Waals surface area contributed by atoms with Crippen LogP contribution in [0.5, 0.6) is 0 Å². The number of nitrogens with zero attached hydrogens (tertiary/aromatic N) is 6. The quantitative estimate of drug-likeness (QED) is 0.0222. The number of aromatic nitrogens is 4. The molecule has 1 aliphatic heterocycles. The Labute approximate surface area is 430 Å².